The van der Waals surface area contributed by atoms with Gasteiger partial charge in [-0.1, -0.05) is 12.1 Å². The Morgan fingerprint density at radius 1 is 1.19 bits per heavy atom. The van der Waals surface area contributed by atoms with Gasteiger partial charge in [-0.3, -0.25) is 10.4 Å². The van der Waals surface area contributed by atoms with Gasteiger partial charge in [0.15, 0.2) is 0 Å². The number of aryl methyl sites for hydroxylation is 2. The molecular formula is C17H19N3O. The molecule has 0 aliphatic heterocycles. The second kappa shape index (κ2) is 5.95. The van der Waals surface area contributed by atoms with E-state index in [1.54, 1.807) is 6.20 Å². The van der Waals surface area contributed by atoms with Crippen molar-refractivity contribution in [3.8, 4) is 5.75 Å². The summed E-state index contributed by atoms with van der Waals surface area (Å²) in [5.41, 5.74) is 9.72. The molecule has 0 saturated heterocycles. The lowest BCUT2D eigenvalue weighted by Crippen LogP contribution is -2.16. The third-order valence-electron chi connectivity index (χ3n) is 3.86. The Labute approximate surface area is 124 Å². The van der Waals surface area contributed by atoms with Gasteiger partial charge in [0.1, 0.15) is 23.9 Å². The second-order valence-electron chi connectivity index (χ2n) is 5.35. The Bertz CT molecular complexity index is 667. The molecule has 0 fully saturated rings. The molecule has 1 aromatic carbocycles. The number of nitrogen functional groups attached to an aromatic ring is 1. The first-order valence-electron chi connectivity index (χ1n) is 7.27. The second-order valence-corrected chi connectivity index (χ2v) is 5.35. The lowest BCUT2D eigenvalue weighted by atomic mass is 9.92. The lowest BCUT2D eigenvalue weighted by molar-refractivity contribution is 0.305. The van der Waals surface area contributed by atoms with Gasteiger partial charge in [0.25, 0.3) is 0 Å². The van der Waals surface area contributed by atoms with Crippen molar-refractivity contribution in [2.24, 2.45) is 5.73 Å². The van der Waals surface area contributed by atoms with Crippen LogP contribution >= 0.6 is 0 Å². The molecule has 1 heterocycles. The normalized spacial score (nSPS) is 13.5. The first-order valence-corrected chi connectivity index (χ1v) is 7.27. The van der Waals surface area contributed by atoms with Crippen molar-refractivity contribution < 1.29 is 4.74 Å². The molecule has 2 aromatic rings. The number of ether oxygens (including phenoxy) is 1. The monoisotopic (exact) mass is 281 g/mol. The zero-order valence-corrected chi connectivity index (χ0v) is 11.9. The molecule has 0 bridgehead atoms. The molecule has 0 radical (unpaired) electrons. The predicted molar refractivity (Wildman–Crippen MR) is 82.7 cm³/mol. The number of hydrogen-bond donors (Lipinski definition) is 2. The number of amidine groups is 1. The average Bonchev–Trinajstić information content (AvgIpc) is 2.53. The fraction of sp³-hybridized carbons (Fsp3) is 0.294. The Kier molecular flexibility index (Phi) is 3.86. The lowest BCUT2D eigenvalue weighted by Gasteiger charge is -2.17. The van der Waals surface area contributed by atoms with E-state index in [9.17, 15) is 0 Å². The predicted octanol–water partition coefficient (Wildman–Crippen LogP) is 2.82. The summed E-state index contributed by atoms with van der Waals surface area (Å²) in [4.78, 5) is 4.13. The molecule has 1 aromatic heterocycles. The SMILES string of the molecule is N=C(N)c1ncccc1COc1ccc2c(c1)CCCC2. The summed E-state index contributed by atoms with van der Waals surface area (Å²) in [6.45, 7) is 0.377. The molecule has 4 heteroatoms. The van der Waals surface area contributed by atoms with E-state index in [1.807, 2.05) is 18.2 Å². The standard InChI is InChI=1S/C17H19N3O/c18-17(19)16-14(6-3-9-20-16)11-21-15-8-7-12-4-1-2-5-13(12)10-15/h3,6-10H,1-2,4-5,11H2,(H3,18,19). The van der Waals surface area contributed by atoms with Gasteiger partial charge in [0.2, 0.25) is 0 Å². The van der Waals surface area contributed by atoms with Crippen LogP contribution in [0, 0.1) is 5.41 Å². The molecule has 3 rings (SSSR count). The first-order chi connectivity index (χ1) is 10.2. The fourth-order valence-corrected chi connectivity index (χ4v) is 2.76. The number of hydrogen-bond acceptors (Lipinski definition) is 3. The number of nitrogens with zero attached hydrogens (tertiary/aromatic N) is 1. The minimum atomic E-state index is -0.0281. The third-order valence-corrected chi connectivity index (χ3v) is 3.86. The first kappa shape index (κ1) is 13.6. The molecule has 0 spiro atoms. The van der Waals surface area contributed by atoms with Gasteiger partial charge >= 0.3 is 0 Å². The van der Waals surface area contributed by atoms with Crippen LogP contribution in [0.1, 0.15) is 35.2 Å². The van der Waals surface area contributed by atoms with Crippen molar-refractivity contribution >= 4 is 5.84 Å². The van der Waals surface area contributed by atoms with E-state index < -0.39 is 0 Å². The van der Waals surface area contributed by atoms with Crippen molar-refractivity contribution in [1.29, 1.82) is 5.41 Å². The number of fused-ring (bicyclic) bond motifs is 1. The van der Waals surface area contributed by atoms with E-state index in [-0.39, 0.29) is 5.84 Å². The van der Waals surface area contributed by atoms with Crippen molar-refractivity contribution in [3.63, 3.8) is 0 Å². The Hall–Kier alpha value is -2.36. The number of pyridine rings is 1. The van der Waals surface area contributed by atoms with E-state index in [0.717, 1.165) is 17.7 Å². The minimum Gasteiger partial charge on any atom is -0.489 e. The van der Waals surface area contributed by atoms with Crippen molar-refractivity contribution in [1.82, 2.24) is 4.98 Å². The summed E-state index contributed by atoms with van der Waals surface area (Å²) in [6, 6.07) is 10.0. The summed E-state index contributed by atoms with van der Waals surface area (Å²) < 4.78 is 5.86. The van der Waals surface area contributed by atoms with Gasteiger partial charge in [0.05, 0.1) is 0 Å². The maximum atomic E-state index is 7.54. The van der Waals surface area contributed by atoms with Gasteiger partial charge in [-0.15, -0.1) is 0 Å². The van der Waals surface area contributed by atoms with Gasteiger partial charge < -0.3 is 10.5 Å². The molecular weight excluding hydrogens is 262 g/mol. The van der Waals surface area contributed by atoms with Crippen LogP contribution in [-0.4, -0.2) is 10.8 Å². The van der Waals surface area contributed by atoms with E-state index >= 15 is 0 Å². The van der Waals surface area contributed by atoms with Crippen LogP contribution in [0.5, 0.6) is 5.75 Å². The third kappa shape index (κ3) is 3.05. The highest BCUT2D eigenvalue weighted by Crippen LogP contribution is 2.25. The highest BCUT2D eigenvalue weighted by atomic mass is 16.5. The zero-order valence-electron chi connectivity index (χ0n) is 11.9. The summed E-state index contributed by atoms with van der Waals surface area (Å²) in [7, 11) is 0. The summed E-state index contributed by atoms with van der Waals surface area (Å²) in [6.07, 6.45) is 6.49. The van der Waals surface area contributed by atoms with Crippen LogP contribution in [0.2, 0.25) is 0 Å². The summed E-state index contributed by atoms with van der Waals surface area (Å²) in [5, 5.41) is 7.54. The van der Waals surface area contributed by atoms with Crippen LogP contribution in [0.4, 0.5) is 0 Å². The number of nitrogens with one attached hydrogen (secondary N) is 1. The van der Waals surface area contributed by atoms with Crippen LogP contribution in [-0.2, 0) is 19.4 Å². The molecule has 0 unspecified atom stereocenters. The van der Waals surface area contributed by atoms with Gasteiger partial charge in [-0.25, -0.2) is 0 Å². The summed E-state index contributed by atoms with van der Waals surface area (Å²) >= 11 is 0. The number of rotatable bonds is 4. The molecule has 4 nitrogen and oxygen atoms in total. The Morgan fingerprint density at radius 3 is 2.81 bits per heavy atom. The van der Waals surface area contributed by atoms with Crippen LogP contribution in [0.3, 0.4) is 0 Å². The number of nitrogens with two attached hydrogens (primary N) is 1. The smallest absolute Gasteiger partial charge is 0.142 e. The number of aromatic nitrogens is 1. The van der Waals surface area contributed by atoms with Crippen LogP contribution < -0.4 is 10.5 Å². The van der Waals surface area contributed by atoms with E-state index in [2.05, 4.69) is 17.1 Å². The highest BCUT2D eigenvalue weighted by Gasteiger charge is 2.11. The van der Waals surface area contributed by atoms with E-state index in [0.29, 0.717) is 12.3 Å². The van der Waals surface area contributed by atoms with Crippen molar-refractivity contribution in [2.75, 3.05) is 0 Å². The molecule has 108 valence electrons. The van der Waals surface area contributed by atoms with Crippen LogP contribution in [0.25, 0.3) is 0 Å². The molecule has 1 aliphatic rings. The topological polar surface area (TPSA) is 72.0 Å². The molecule has 21 heavy (non-hydrogen) atoms. The largest absolute Gasteiger partial charge is 0.489 e. The van der Waals surface area contributed by atoms with Crippen molar-refractivity contribution in [3.05, 3.63) is 58.9 Å². The zero-order chi connectivity index (χ0) is 14.7. The average molecular weight is 281 g/mol. The number of benzene rings is 1. The van der Waals surface area contributed by atoms with Gasteiger partial charge in [-0.2, -0.15) is 0 Å². The Balaban J connectivity index is 1.75. The van der Waals surface area contributed by atoms with Gasteiger partial charge in [0, 0.05) is 11.8 Å². The Morgan fingerprint density at radius 2 is 2.00 bits per heavy atom. The van der Waals surface area contributed by atoms with Crippen LogP contribution in [0.15, 0.2) is 36.5 Å². The van der Waals surface area contributed by atoms with Gasteiger partial charge in [-0.05, 0) is 55.0 Å². The molecule has 3 N–H and O–H groups in total. The summed E-state index contributed by atoms with van der Waals surface area (Å²) in [5.74, 6) is 0.841. The van der Waals surface area contributed by atoms with E-state index in [1.165, 1.54) is 30.4 Å². The fourth-order valence-electron chi connectivity index (χ4n) is 2.76. The molecule has 0 atom stereocenters. The minimum absolute atomic E-state index is 0.0281. The molecule has 1 aliphatic carbocycles. The molecule has 0 amide bonds. The van der Waals surface area contributed by atoms with Crippen molar-refractivity contribution in [2.45, 2.75) is 32.3 Å². The molecule has 0 saturated carbocycles. The maximum Gasteiger partial charge on any atom is 0.142 e. The highest BCUT2D eigenvalue weighted by molar-refractivity contribution is 5.94. The quantitative estimate of drug-likeness (QED) is 0.668. The maximum absolute atomic E-state index is 7.54. The van der Waals surface area contributed by atoms with E-state index in [4.69, 9.17) is 15.9 Å².